The monoisotopic (exact) mass is 478 g/mol. The molecule has 0 radical (unpaired) electrons. The van der Waals surface area contributed by atoms with E-state index < -0.39 is 0 Å². The van der Waals surface area contributed by atoms with Crippen LogP contribution in [0.25, 0.3) is 10.6 Å². The van der Waals surface area contributed by atoms with Gasteiger partial charge in [0.05, 0.1) is 4.88 Å². The Hall–Kier alpha value is -2.71. The van der Waals surface area contributed by atoms with Crippen LogP contribution in [0, 0.1) is 19.8 Å². The lowest BCUT2D eigenvalue weighted by atomic mass is 9.95. The molecule has 0 aliphatic carbocycles. The topological polar surface area (TPSA) is 57.5 Å². The summed E-state index contributed by atoms with van der Waals surface area (Å²) in [7, 11) is 0. The van der Waals surface area contributed by atoms with Crippen LogP contribution in [0.5, 0.6) is 0 Å². The molecule has 7 nitrogen and oxygen atoms in total. The average Bonchev–Trinajstić information content (AvgIpc) is 3.53. The summed E-state index contributed by atoms with van der Waals surface area (Å²) < 4.78 is 2.38. The Morgan fingerprint density at radius 3 is 2.26 bits per heavy atom. The summed E-state index contributed by atoms with van der Waals surface area (Å²) in [6.07, 6.45) is 1.78. The summed E-state index contributed by atoms with van der Waals surface area (Å²) in [6, 6.07) is 12.6. The highest BCUT2D eigenvalue weighted by Gasteiger charge is 2.30. The predicted octanol–water partition coefficient (Wildman–Crippen LogP) is 3.68. The number of piperidine rings is 1. The molecule has 0 unspecified atom stereocenters. The second-order valence-electron chi connectivity index (χ2n) is 9.45. The van der Waals surface area contributed by atoms with Gasteiger partial charge in [0.25, 0.3) is 0 Å². The largest absolute Gasteiger partial charge is 0.355 e. The Bertz CT molecular complexity index is 1060. The molecule has 0 N–H and O–H groups in total. The van der Waals surface area contributed by atoms with Crippen molar-refractivity contribution in [2.24, 2.45) is 5.92 Å². The maximum atomic E-state index is 13.2. The number of piperazine rings is 1. The Balaban J connectivity index is 1.07. The van der Waals surface area contributed by atoms with Crippen LogP contribution >= 0.6 is 11.3 Å². The third-order valence-electron chi connectivity index (χ3n) is 7.33. The molecule has 5 rings (SSSR count). The zero-order chi connectivity index (χ0) is 23.5. The number of rotatable bonds is 6. The number of hydrogen-bond donors (Lipinski definition) is 0. The van der Waals surface area contributed by atoms with Crippen LogP contribution in [0.1, 0.15) is 24.2 Å². The van der Waals surface area contributed by atoms with E-state index in [0.717, 1.165) is 81.6 Å². The first-order valence-corrected chi connectivity index (χ1v) is 13.2. The van der Waals surface area contributed by atoms with Crippen molar-refractivity contribution in [1.82, 2.24) is 24.6 Å². The second kappa shape index (κ2) is 10.3. The Morgan fingerprint density at radius 2 is 1.65 bits per heavy atom. The molecule has 3 aromatic rings. The van der Waals surface area contributed by atoms with Crippen molar-refractivity contribution >= 4 is 23.1 Å². The molecule has 2 aliphatic rings. The highest BCUT2D eigenvalue weighted by atomic mass is 32.1. The van der Waals surface area contributed by atoms with Crippen molar-refractivity contribution < 1.29 is 4.79 Å². The number of thiophene rings is 1. The SMILES string of the molecule is Cc1ccc(C)n1CCN1CCN(C(=O)C2CCN(c3ccc(-c4cccs4)nn3)CC2)CC1. The average molecular weight is 479 g/mol. The van der Waals surface area contributed by atoms with E-state index in [4.69, 9.17) is 0 Å². The molecule has 2 aliphatic heterocycles. The fraction of sp³-hybridized carbons (Fsp3) is 0.500. The summed E-state index contributed by atoms with van der Waals surface area (Å²) in [4.78, 5) is 21.2. The lowest BCUT2D eigenvalue weighted by molar-refractivity contribution is -0.138. The molecular formula is C26H34N6OS. The number of aromatic nitrogens is 3. The van der Waals surface area contributed by atoms with E-state index in [9.17, 15) is 4.79 Å². The van der Waals surface area contributed by atoms with Gasteiger partial charge in [-0.25, -0.2) is 0 Å². The Morgan fingerprint density at radius 1 is 0.912 bits per heavy atom. The Labute approximate surface area is 206 Å². The fourth-order valence-corrected chi connectivity index (χ4v) is 5.84. The molecule has 0 saturated carbocycles. The van der Waals surface area contributed by atoms with Gasteiger partial charge in [0.15, 0.2) is 5.82 Å². The zero-order valence-electron chi connectivity index (χ0n) is 20.2. The van der Waals surface area contributed by atoms with Gasteiger partial charge in [0, 0.05) is 69.7 Å². The van der Waals surface area contributed by atoms with Gasteiger partial charge in [0.1, 0.15) is 5.69 Å². The van der Waals surface area contributed by atoms with Crippen molar-refractivity contribution in [2.45, 2.75) is 33.2 Å². The van der Waals surface area contributed by atoms with E-state index in [2.05, 4.69) is 73.0 Å². The van der Waals surface area contributed by atoms with Crippen LogP contribution in [0.3, 0.4) is 0 Å². The number of amides is 1. The second-order valence-corrected chi connectivity index (χ2v) is 10.4. The molecule has 0 aromatic carbocycles. The van der Waals surface area contributed by atoms with Gasteiger partial charge in [-0.15, -0.1) is 21.5 Å². The fourth-order valence-electron chi connectivity index (χ4n) is 5.15. The van der Waals surface area contributed by atoms with Gasteiger partial charge in [-0.05, 0) is 62.4 Å². The summed E-state index contributed by atoms with van der Waals surface area (Å²) in [5.41, 5.74) is 3.56. The zero-order valence-corrected chi connectivity index (χ0v) is 21.0. The first kappa shape index (κ1) is 23.1. The maximum Gasteiger partial charge on any atom is 0.225 e. The van der Waals surface area contributed by atoms with Gasteiger partial charge in [-0.1, -0.05) is 6.07 Å². The molecule has 5 heterocycles. The minimum absolute atomic E-state index is 0.131. The molecule has 0 bridgehead atoms. The predicted molar refractivity (Wildman–Crippen MR) is 137 cm³/mol. The number of carbonyl (C=O) groups is 1. The number of nitrogens with zero attached hydrogens (tertiary/aromatic N) is 6. The third kappa shape index (κ3) is 5.03. The van der Waals surface area contributed by atoms with Crippen molar-refractivity contribution in [2.75, 3.05) is 50.7 Å². The van der Waals surface area contributed by atoms with E-state index in [1.54, 1.807) is 11.3 Å². The van der Waals surface area contributed by atoms with E-state index in [1.165, 1.54) is 11.4 Å². The maximum absolute atomic E-state index is 13.2. The molecule has 3 aromatic heterocycles. The molecule has 1 amide bonds. The molecule has 8 heteroatoms. The molecule has 0 atom stereocenters. The van der Waals surface area contributed by atoms with Crippen molar-refractivity contribution in [3.8, 4) is 10.6 Å². The lowest BCUT2D eigenvalue weighted by Crippen LogP contribution is -2.52. The Kier molecular flexibility index (Phi) is 6.97. The van der Waals surface area contributed by atoms with Crippen LogP contribution in [0.2, 0.25) is 0 Å². The van der Waals surface area contributed by atoms with Gasteiger partial charge in [-0.2, -0.15) is 0 Å². The smallest absolute Gasteiger partial charge is 0.225 e. The number of hydrogen-bond acceptors (Lipinski definition) is 6. The standard InChI is InChI=1S/C26H34N6OS/c1-20-5-6-21(2)32(20)18-15-29-13-16-31(17-14-29)26(33)22-9-11-30(12-10-22)25-8-7-23(27-28-25)24-4-3-19-34-24/h3-8,19,22H,9-18H2,1-2H3. The van der Waals surface area contributed by atoms with Gasteiger partial charge in [0.2, 0.25) is 5.91 Å². The first-order valence-electron chi connectivity index (χ1n) is 12.3. The molecule has 2 fully saturated rings. The van der Waals surface area contributed by atoms with Crippen LogP contribution in [-0.2, 0) is 11.3 Å². The summed E-state index contributed by atoms with van der Waals surface area (Å²) in [6.45, 7) is 11.8. The summed E-state index contributed by atoms with van der Waals surface area (Å²) in [5, 5.41) is 10.9. The molecule has 34 heavy (non-hydrogen) atoms. The quantitative estimate of drug-likeness (QED) is 0.541. The van der Waals surface area contributed by atoms with Gasteiger partial charge < -0.3 is 14.4 Å². The van der Waals surface area contributed by atoms with Gasteiger partial charge in [-0.3, -0.25) is 9.69 Å². The first-order chi connectivity index (χ1) is 16.6. The number of aryl methyl sites for hydroxylation is 2. The summed E-state index contributed by atoms with van der Waals surface area (Å²) >= 11 is 1.68. The molecule has 2 saturated heterocycles. The van der Waals surface area contributed by atoms with Crippen molar-refractivity contribution in [3.05, 3.63) is 53.2 Å². The minimum atomic E-state index is 0.131. The van der Waals surface area contributed by atoms with Crippen LogP contribution in [0.15, 0.2) is 41.8 Å². The van der Waals surface area contributed by atoms with E-state index in [-0.39, 0.29) is 5.92 Å². The van der Waals surface area contributed by atoms with Gasteiger partial charge >= 0.3 is 0 Å². The van der Waals surface area contributed by atoms with Crippen LogP contribution in [-0.4, -0.2) is 76.3 Å². The van der Waals surface area contributed by atoms with Crippen LogP contribution < -0.4 is 4.90 Å². The molecule has 0 spiro atoms. The van der Waals surface area contributed by atoms with Crippen molar-refractivity contribution in [1.29, 1.82) is 0 Å². The highest BCUT2D eigenvalue weighted by molar-refractivity contribution is 7.13. The lowest BCUT2D eigenvalue weighted by Gasteiger charge is -2.38. The highest BCUT2D eigenvalue weighted by Crippen LogP contribution is 2.26. The number of anilines is 1. The third-order valence-corrected chi connectivity index (χ3v) is 8.23. The summed E-state index contributed by atoms with van der Waals surface area (Å²) in [5.74, 6) is 1.38. The van der Waals surface area contributed by atoms with E-state index in [1.807, 2.05) is 12.1 Å². The normalized spacial score (nSPS) is 17.9. The molecule has 180 valence electrons. The van der Waals surface area contributed by atoms with Crippen LogP contribution in [0.4, 0.5) is 5.82 Å². The minimum Gasteiger partial charge on any atom is -0.355 e. The van der Waals surface area contributed by atoms with Crippen molar-refractivity contribution in [3.63, 3.8) is 0 Å². The number of carbonyl (C=O) groups excluding carboxylic acids is 1. The van der Waals surface area contributed by atoms with E-state index in [0.29, 0.717) is 5.91 Å². The molecular weight excluding hydrogens is 444 g/mol. The van der Waals surface area contributed by atoms with E-state index >= 15 is 0 Å².